The summed E-state index contributed by atoms with van der Waals surface area (Å²) in [5.41, 5.74) is 1.65. The number of carbonyl (C=O) groups excluding carboxylic acids is 2. The maximum atomic E-state index is 12.3. The Morgan fingerprint density at radius 3 is 2.45 bits per heavy atom. The van der Waals surface area contributed by atoms with E-state index in [9.17, 15) is 19.7 Å². The number of hydrogen-bond donors (Lipinski definition) is 2. The van der Waals surface area contributed by atoms with Crippen LogP contribution in [0.4, 0.5) is 11.4 Å². The van der Waals surface area contributed by atoms with E-state index in [2.05, 4.69) is 10.6 Å². The first-order valence-electron chi connectivity index (χ1n) is 9.66. The molecule has 150 valence electrons. The highest BCUT2D eigenvalue weighted by Crippen LogP contribution is 2.18. The van der Waals surface area contributed by atoms with Crippen molar-refractivity contribution < 1.29 is 14.5 Å². The van der Waals surface area contributed by atoms with Gasteiger partial charge in [-0.25, -0.2) is 0 Å². The second kappa shape index (κ2) is 9.64. The number of nitrogens with zero attached hydrogens (tertiary/aromatic N) is 1. The second-order valence-corrected chi connectivity index (χ2v) is 7.06. The number of hydrogen-bond acceptors (Lipinski definition) is 4. The van der Waals surface area contributed by atoms with Gasteiger partial charge < -0.3 is 10.6 Å². The number of carbonyl (C=O) groups is 2. The summed E-state index contributed by atoms with van der Waals surface area (Å²) >= 11 is 0. The first-order chi connectivity index (χ1) is 14.0. The van der Waals surface area contributed by atoms with Crippen LogP contribution < -0.4 is 10.6 Å². The van der Waals surface area contributed by atoms with E-state index < -0.39 is 4.92 Å². The molecule has 1 fully saturated rings. The first kappa shape index (κ1) is 20.3. The molecule has 0 atom stereocenters. The van der Waals surface area contributed by atoms with Crippen LogP contribution in [-0.2, 0) is 4.79 Å². The van der Waals surface area contributed by atoms with Crippen LogP contribution in [-0.4, -0.2) is 22.8 Å². The smallest absolute Gasteiger partial charge is 0.270 e. The fourth-order valence-corrected chi connectivity index (χ4v) is 3.32. The summed E-state index contributed by atoms with van der Waals surface area (Å²) in [5.74, 6) is -0.462. The molecule has 0 aromatic heterocycles. The Morgan fingerprint density at radius 2 is 1.76 bits per heavy atom. The number of nitrogens with one attached hydrogen (secondary N) is 2. The summed E-state index contributed by atoms with van der Waals surface area (Å²) in [4.78, 5) is 34.7. The van der Waals surface area contributed by atoms with Gasteiger partial charge in [-0.3, -0.25) is 19.7 Å². The average Bonchev–Trinajstić information content (AvgIpc) is 2.73. The summed E-state index contributed by atoms with van der Waals surface area (Å²) in [5, 5.41) is 16.6. The average molecular weight is 393 g/mol. The van der Waals surface area contributed by atoms with Gasteiger partial charge in [0.1, 0.15) is 0 Å². The summed E-state index contributed by atoms with van der Waals surface area (Å²) in [7, 11) is 0. The van der Waals surface area contributed by atoms with Gasteiger partial charge in [0.15, 0.2) is 0 Å². The Balaban J connectivity index is 1.54. The molecular weight excluding hydrogens is 370 g/mol. The van der Waals surface area contributed by atoms with Crippen molar-refractivity contribution in [1.29, 1.82) is 0 Å². The van der Waals surface area contributed by atoms with Crippen LogP contribution in [0.1, 0.15) is 48.0 Å². The zero-order chi connectivity index (χ0) is 20.6. The van der Waals surface area contributed by atoms with Crippen LogP contribution >= 0.6 is 0 Å². The fraction of sp³-hybridized carbons (Fsp3) is 0.273. The fourth-order valence-electron chi connectivity index (χ4n) is 3.32. The second-order valence-electron chi connectivity index (χ2n) is 7.06. The molecule has 2 aromatic rings. The summed E-state index contributed by atoms with van der Waals surface area (Å²) in [6.07, 6.45) is 8.40. The van der Waals surface area contributed by atoms with Gasteiger partial charge >= 0.3 is 0 Å². The molecule has 2 aromatic carbocycles. The Labute approximate surface area is 169 Å². The Bertz CT molecular complexity index is 916. The van der Waals surface area contributed by atoms with Crippen LogP contribution in [0.3, 0.4) is 0 Å². The Hall–Kier alpha value is -3.48. The number of rotatable bonds is 6. The standard InChI is InChI=1S/C22H23N3O4/c26-21(14-9-16-5-4-8-20(15-16)25(28)29)23-19-12-10-17(11-13-19)22(27)24-18-6-2-1-3-7-18/h4-5,8-15,18H,1-3,6-7H2,(H,23,26)(H,24,27)/b14-9+. The minimum absolute atomic E-state index is 0.0327. The molecule has 0 heterocycles. The van der Waals surface area contributed by atoms with Gasteiger partial charge in [-0.1, -0.05) is 31.4 Å². The number of non-ortho nitro benzene ring substituents is 1. The van der Waals surface area contributed by atoms with Crippen LogP contribution in [0.25, 0.3) is 6.08 Å². The zero-order valence-corrected chi connectivity index (χ0v) is 16.0. The van der Waals surface area contributed by atoms with Crippen LogP contribution in [0.2, 0.25) is 0 Å². The number of nitro benzene ring substituents is 1. The Kier molecular flexibility index (Phi) is 6.73. The lowest BCUT2D eigenvalue weighted by Gasteiger charge is -2.22. The molecule has 1 saturated carbocycles. The molecule has 29 heavy (non-hydrogen) atoms. The van der Waals surface area contributed by atoms with Crippen molar-refractivity contribution in [1.82, 2.24) is 5.32 Å². The quantitative estimate of drug-likeness (QED) is 0.434. The van der Waals surface area contributed by atoms with Crippen LogP contribution in [0, 0.1) is 10.1 Å². The molecule has 7 heteroatoms. The number of anilines is 1. The molecule has 0 saturated heterocycles. The summed E-state index contributed by atoms with van der Waals surface area (Å²) < 4.78 is 0. The largest absolute Gasteiger partial charge is 0.349 e. The van der Waals surface area contributed by atoms with E-state index in [1.165, 1.54) is 30.7 Å². The molecule has 1 aliphatic carbocycles. The number of benzene rings is 2. The van der Waals surface area contributed by atoms with Gasteiger partial charge in [-0.2, -0.15) is 0 Å². The highest BCUT2D eigenvalue weighted by atomic mass is 16.6. The summed E-state index contributed by atoms with van der Waals surface area (Å²) in [6, 6.07) is 13.0. The van der Waals surface area contributed by atoms with E-state index >= 15 is 0 Å². The predicted octanol–water partition coefficient (Wildman–Crippen LogP) is 4.31. The molecular formula is C22H23N3O4. The van der Waals surface area contributed by atoms with E-state index in [-0.39, 0.29) is 23.5 Å². The van der Waals surface area contributed by atoms with Gasteiger partial charge in [0.05, 0.1) is 4.92 Å². The maximum Gasteiger partial charge on any atom is 0.270 e. The van der Waals surface area contributed by atoms with Gasteiger partial charge in [0, 0.05) is 35.5 Å². The molecule has 0 unspecified atom stereocenters. The van der Waals surface area contributed by atoms with E-state index in [0.717, 1.165) is 25.7 Å². The van der Waals surface area contributed by atoms with Crippen molar-refractivity contribution in [2.45, 2.75) is 38.1 Å². The monoisotopic (exact) mass is 393 g/mol. The molecule has 2 amide bonds. The van der Waals surface area contributed by atoms with Crippen molar-refractivity contribution in [3.05, 3.63) is 75.8 Å². The van der Waals surface area contributed by atoms with Gasteiger partial charge in [-0.15, -0.1) is 0 Å². The van der Waals surface area contributed by atoms with E-state index in [0.29, 0.717) is 16.8 Å². The maximum absolute atomic E-state index is 12.3. The summed E-state index contributed by atoms with van der Waals surface area (Å²) in [6.45, 7) is 0. The molecule has 7 nitrogen and oxygen atoms in total. The highest BCUT2D eigenvalue weighted by Gasteiger charge is 2.16. The van der Waals surface area contributed by atoms with E-state index in [1.54, 1.807) is 36.4 Å². The normalized spacial score (nSPS) is 14.5. The van der Waals surface area contributed by atoms with E-state index in [1.807, 2.05) is 0 Å². The third kappa shape index (κ3) is 6.00. The number of amides is 2. The third-order valence-electron chi connectivity index (χ3n) is 4.86. The third-order valence-corrected chi connectivity index (χ3v) is 4.86. The molecule has 3 rings (SSSR count). The Morgan fingerprint density at radius 1 is 1.03 bits per heavy atom. The van der Waals surface area contributed by atoms with Gasteiger partial charge in [0.2, 0.25) is 5.91 Å². The van der Waals surface area contributed by atoms with Crippen LogP contribution in [0.15, 0.2) is 54.6 Å². The first-order valence-corrected chi connectivity index (χ1v) is 9.66. The SMILES string of the molecule is O=C(/C=C/c1cccc([N+](=O)[O-])c1)Nc1ccc(C(=O)NC2CCCCC2)cc1. The lowest BCUT2D eigenvalue weighted by Crippen LogP contribution is -2.36. The van der Waals surface area contributed by atoms with Crippen molar-refractivity contribution >= 4 is 29.3 Å². The van der Waals surface area contributed by atoms with E-state index in [4.69, 9.17) is 0 Å². The molecule has 2 N–H and O–H groups in total. The van der Waals surface area contributed by atoms with Crippen molar-refractivity contribution in [2.24, 2.45) is 0 Å². The topological polar surface area (TPSA) is 101 Å². The molecule has 0 aliphatic heterocycles. The highest BCUT2D eigenvalue weighted by molar-refractivity contribution is 6.02. The predicted molar refractivity (Wildman–Crippen MR) is 112 cm³/mol. The van der Waals surface area contributed by atoms with Crippen molar-refractivity contribution in [3.63, 3.8) is 0 Å². The minimum Gasteiger partial charge on any atom is -0.349 e. The molecule has 1 aliphatic rings. The zero-order valence-electron chi connectivity index (χ0n) is 16.0. The van der Waals surface area contributed by atoms with Crippen molar-refractivity contribution in [3.8, 4) is 0 Å². The van der Waals surface area contributed by atoms with Gasteiger partial charge in [-0.05, 0) is 48.7 Å². The lowest BCUT2D eigenvalue weighted by molar-refractivity contribution is -0.384. The lowest BCUT2D eigenvalue weighted by atomic mass is 9.95. The van der Waals surface area contributed by atoms with Crippen molar-refractivity contribution in [2.75, 3.05) is 5.32 Å². The molecule has 0 bridgehead atoms. The number of nitro groups is 1. The minimum atomic E-state index is -0.483. The van der Waals surface area contributed by atoms with Crippen LogP contribution in [0.5, 0.6) is 0 Å². The molecule has 0 spiro atoms. The van der Waals surface area contributed by atoms with Gasteiger partial charge in [0.25, 0.3) is 11.6 Å². The molecule has 0 radical (unpaired) electrons.